The molecule has 5 heteroatoms. The van der Waals surface area contributed by atoms with Gasteiger partial charge in [0.2, 0.25) is 5.91 Å². The molecule has 0 aliphatic heterocycles. The minimum atomic E-state index is -0.675. The Hall–Kier alpha value is -4.12. The fraction of sp³-hybridized carbons (Fsp3) is 0.200. The molecule has 178 valence electrons. The van der Waals surface area contributed by atoms with Crippen LogP contribution in [0.4, 0.5) is 0 Å². The maximum Gasteiger partial charge on any atom is 0.261 e. The van der Waals surface area contributed by atoms with Crippen molar-refractivity contribution >= 4 is 22.6 Å². The zero-order valence-corrected chi connectivity index (χ0v) is 20.1. The van der Waals surface area contributed by atoms with Gasteiger partial charge in [-0.25, -0.2) is 0 Å². The van der Waals surface area contributed by atoms with E-state index in [-0.39, 0.29) is 18.4 Å². The van der Waals surface area contributed by atoms with Crippen molar-refractivity contribution in [3.8, 4) is 5.75 Å². The summed E-state index contributed by atoms with van der Waals surface area (Å²) in [6, 6.07) is 30.7. The number of ether oxygens (including phenoxy) is 1. The van der Waals surface area contributed by atoms with Crippen molar-refractivity contribution in [1.29, 1.82) is 0 Å². The quantitative estimate of drug-likeness (QED) is 0.381. The van der Waals surface area contributed by atoms with Crippen LogP contribution in [-0.2, 0) is 22.6 Å². The van der Waals surface area contributed by atoms with Gasteiger partial charge in [-0.2, -0.15) is 0 Å². The molecule has 0 spiro atoms. The van der Waals surface area contributed by atoms with Gasteiger partial charge in [0.25, 0.3) is 5.91 Å². The van der Waals surface area contributed by atoms with Crippen LogP contribution >= 0.6 is 0 Å². The molecule has 0 radical (unpaired) electrons. The van der Waals surface area contributed by atoms with Crippen LogP contribution in [0.2, 0.25) is 0 Å². The lowest BCUT2D eigenvalue weighted by molar-refractivity contribution is -0.142. The van der Waals surface area contributed by atoms with E-state index in [4.69, 9.17) is 4.74 Å². The summed E-state index contributed by atoms with van der Waals surface area (Å²) in [5.74, 6) is 0.193. The van der Waals surface area contributed by atoms with Crippen molar-refractivity contribution in [2.45, 2.75) is 25.9 Å². The molecule has 1 unspecified atom stereocenters. The van der Waals surface area contributed by atoms with Crippen LogP contribution in [0.25, 0.3) is 10.8 Å². The Morgan fingerprint density at radius 3 is 2.31 bits per heavy atom. The molecular weight excluding hydrogens is 436 g/mol. The molecule has 1 atom stereocenters. The molecule has 0 aliphatic carbocycles. The number of carbonyl (C=O) groups is 2. The number of nitrogens with zero attached hydrogens (tertiary/aromatic N) is 1. The molecule has 4 aromatic carbocycles. The summed E-state index contributed by atoms with van der Waals surface area (Å²) in [4.78, 5) is 28.3. The van der Waals surface area contributed by atoms with Crippen molar-refractivity contribution < 1.29 is 14.3 Å². The number of amides is 2. The number of fused-ring (bicyclic) bond motifs is 1. The monoisotopic (exact) mass is 466 g/mol. The second-order valence-corrected chi connectivity index (χ2v) is 8.53. The Morgan fingerprint density at radius 2 is 1.54 bits per heavy atom. The smallest absolute Gasteiger partial charge is 0.261 e. The van der Waals surface area contributed by atoms with E-state index in [1.54, 1.807) is 11.9 Å². The van der Waals surface area contributed by atoms with Crippen molar-refractivity contribution in [2.24, 2.45) is 0 Å². The van der Waals surface area contributed by atoms with Gasteiger partial charge in [0.15, 0.2) is 6.61 Å². The molecule has 5 nitrogen and oxygen atoms in total. The lowest BCUT2D eigenvalue weighted by Gasteiger charge is -2.31. The third kappa shape index (κ3) is 5.87. The molecule has 0 fully saturated rings. The normalized spacial score (nSPS) is 11.6. The average molecular weight is 467 g/mol. The number of benzene rings is 4. The Bertz CT molecular complexity index is 1300. The van der Waals surface area contributed by atoms with Gasteiger partial charge in [0.1, 0.15) is 11.8 Å². The average Bonchev–Trinajstić information content (AvgIpc) is 2.90. The van der Waals surface area contributed by atoms with E-state index in [2.05, 4.69) is 5.32 Å². The lowest BCUT2D eigenvalue weighted by Crippen LogP contribution is -2.51. The van der Waals surface area contributed by atoms with Crippen LogP contribution < -0.4 is 10.1 Å². The first kappa shape index (κ1) is 24.0. The van der Waals surface area contributed by atoms with Crippen LogP contribution in [0, 0.1) is 6.92 Å². The summed E-state index contributed by atoms with van der Waals surface area (Å²) in [7, 11) is 1.60. The van der Waals surface area contributed by atoms with E-state index in [1.165, 1.54) is 0 Å². The molecule has 4 rings (SSSR count). The number of hydrogen-bond donors (Lipinski definition) is 1. The highest BCUT2D eigenvalue weighted by atomic mass is 16.5. The standard InChI is InChI=1S/C30H30N2O3/c1-22-11-6-7-15-25(22)20-32(27(30(34)31-2)19-23-12-4-3-5-13-23)29(33)21-35-28-18-10-16-24-14-8-9-17-26(24)28/h3-18,27H,19-21H2,1-2H3,(H,31,34). The van der Waals surface area contributed by atoms with Crippen LogP contribution in [-0.4, -0.2) is 36.4 Å². The van der Waals surface area contributed by atoms with E-state index < -0.39 is 6.04 Å². The van der Waals surface area contributed by atoms with Gasteiger partial charge in [-0.3, -0.25) is 9.59 Å². The van der Waals surface area contributed by atoms with Crippen LogP contribution in [0.15, 0.2) is 97.1 Å². The van der Waals surface area contributed by atoms with Crippen molar-refractivity contribution in [3.63, 3.8) is 0 Å². The molecule has 0 aliphatic rings. The summed E-state index contributed by atoms with van der Waals surface area (Å²) in [6.45, 7) is 2.16. The molecule has 2 amide bonds. The highest BCUT2D eigenvalue weighted by molar-refractivity contribution is 5.90. The SMILES string of the molecule is CNC(=O)C(Cc1ccccc1)N(Cc1ccccc1C)C(=O)COc1cccc2ccccc12. The number of carbonyl (C=O) groups excluding carboxylic acids is 2. The first-order valence-corrected chi connectivity index (χ1v) is 11.8. The molecule has 1 N–H and O–H groups in total. The molecule has 0 saturated carbocycles. The fourth-order valence-electron chi connectivity index (χ4n) is 4.24. The molecule has 0 aromatic heterocycles. The second-order valence-electron chi connectivity index (χ2n) is 8.53. The van der Waals surface area contributed by atoms with Crippen molar-refractivity contribution in [2.75, 3.05) is 13.7 Å². The van der Waals surface area contributed by atoms with Crippen molar-refractivity contribution in [3.05, 3.63) is 114 Å². The number of rotatable bonds is 9. The Morgan fingerprint density at radius 1 is 0.857 bits per heavy atom. The topological polar surface area (TPSA) is 58.6 Å². The summed E-state index contributed by atoms with van der Waals surface area (Å²) < 4.78 is 6.02. The Balaban J connectivity index is 1.63. The molecule has 0 bridgehead atoms. The first-order chi connectivity index (χ1) is 17.1. The number of nitrogens with one attached hydrogen (secondary N) is 1. The van der Waals surface area contributed by atoms with E-state index in [0.717, 1.165) is 27.5 Å². The molecule has 4 aromatic rings. The van der Waals surface area contributed by atoms with Gasteiger partial charge in [-0.1, -0.05) is 91.0 Å². The highest BCUT2D eigenvalue weighted by Crippen LogP contribution is 2.25. The van der Waals surface area contributed by atoms with Crippen molar-refractivity contribution in [1.82, 2.24) is 10.2 Å². The zero-order valence-electron chi connectivity index (χ0n) is 20.1. The van der Waals surface area contributed by atoms with Gasteiger partial charge in [0.05, 0.1) is 0 Å². The molecule has 0 saturated heterocycles. The van der Waals surface area contributed by atoms with Gasteiger partial charge >= 0.3 is 0 Å². The predicted octanol–water partition coefficient (Wildman–Crippen LogP) is 4.91. The lowest BCUT2D eigenvalue weighted by atomic mass is 10.0. The minimum Gasteiger partial charge on any atom is -0.483 e. The zero-order chi connectivity index (χ0) is 24.6. The summed E-state index contributed by atoms with van der Waals surface area (Å²) in [6.07, 6.45) is 0.409. The fourth-order valence-corrected chi connectivity index (χ4v) is 4.24. The van der Waals surface area contributed by atoms with E-state index in [0.29, 0.717) is 18.7 Å². The van der Waals surface area contributed by atoms with Crippen LogP contribution in [0.1, 0.15) is 16.7 Å². The number of aryl methyl sites for hydroxylation is 1. The van der Waals surface area contributed by atoms with Gasteiger partial charge < -0.3 is 15.0 Å². The van der Waals surface area contributed by atoms with E-state index in [1.807, 2.05) is 104 Å². The third-order valence-corrected chi connectivity index (χ3v) is 6.22. The summed E-state index contributed by atoms with van der Waals surface area (Å²) in [5.41, 5.74) is 3.04. The molecular formula is C30H30N2O3. The third-order valence-electron chi connectivity index (χ3n) is 6.22. The van der Waals surface area contributed by atoms with E-state index >= 15 is 0 Å². The number of likely N-dealkylation sites (N-methyl/N-ethyl adjacent to an activating group) is 1. The Labute approximate surface area is 206 Å². The first-order valence-electron chi connectivity index (χ1n) is 11.8. The maximum atomic E-state index is 13.6. The van der Waals surface area contributed by atoms with Gasteiger partial charge in [-0.15, -0.1) is 0 Å². The minimum absolute atomic E-state index is 0.165. The largest absolute Gasteiger partial charge is 0.483 e. The summed E-state index contributed by atoms with van der Waals surface area (Å²) in [5, 5.41) is 4.73. The predicted molar refractivity (Wildman–Crippen MR) is 139 cm³/mol. The second kappa shape index (κ2) is 11.3. The number of hydrogen-bond acceptors (Lipinski definition) is 3. The molecule has 35 heavy (non-hydrogen) atoms. The van der Waals surface area contributed by atoms with Gasteiger partial charge in [-0.05, 0) is 35.1 Å². The van der Waals surface area contributed by atoms with Crippen LogP contribution in [0.3, 0.4) is 0 Å². The van der Waals surface area contributed by atoms with Gasteiger partial charge in [0, 0.05) is 25.4 Å². The highest BCUT2D eigenvalue weighted by Gasteiger charge is 2.30. The molecule has 0 heterocycles. The van der Waals surface area contributed by atoms with E-state index in [9.17, 15) is 9.59 Å². The van der Waals surface area contributed by atoms with Crippen LogP contribution in [0.5, 0.6) is 5.75 Å². The maximum absolute atomic E-state index is 13.6. The summed E-state index contributed by atoms with van der Waals surface area (Å²) >= 11 is 0. The Kier molecular flexibility index (Phi) is 7.78.